The Bertz CT molecular complexity index is 373. The van der Waals surface area contributed by atoms with Crippen molar-refractivity contribution in [2.75, 3.05) is 26.2 Å². The Hall–Kier alpha value is -0.170. The van der Waals surface area contributed by atoms with Gasteiger partial charge in [-0.1, -0.05) is 58.8 Å². The number of piperidine rings is 1. The highest BCUT2D eigenvalue weighted by Crippen LogP contribution is 2.16. The van der Waals surface area contributed by atoms with Crippen molar-refractivity contribution in [1.82, 2.24) is 4.90 Å². The maximum Gasteiger partial charge on any atom is 0.397 e. The zero-order valence-corrected chi connectivity index (χ0v) is 16.8. The molecule has 1 heterocycles. The molecule has 0 bridgehead atoms. The van der Waals surface area contributed by atoms with Gasteiger partial charge in [-0.15, -0.1) is 0 Å². The molecule has 1 unspecified atom stereocenters. The molecule has 6 heteroatoms. The molecule has 0 aromatic heterocycles. The van der Waals surface area contributed by atoms with Crippen LogP contribution >= 0.6 is 0 Å². The molecule has 24 heavy (non-hydrogen) atoms. The van der Waals surface area contributed by atoms with Gasteiger partial charge in [-0.3, -0.25) is 4.55 Å². The van der Waals surface area contributed by atoms with E-state index in [9.17, 15) is 8.42 Å². The van der Waals surface area contributed by atoms with Crippen molar-refractivity contribution in [2.24, 2.45) is 5.92 Å². The van der Waals surface area contributed by atoms with Crippen LogP contribution in [0.25, 0.3) is 0 Å². The minimum absolute atomic E-state index is 0.0289. The Kier molecular flexibility index (Phi) is 15.0. The Morgan fingerprint density at radius 1 is 1.04 bits per heavy atom. The van der Waals surface area contributed by atoms with E-state index in [0.717, 1.165) is 5.92 Å². The summed E-state index contributed by atoms with van der Waals surface area (Å²) in [5.41, 5.74) is 0. The molecule has 0 amide bonds. The number of hydrogen-bond acceptors (Lipinski definition) is 4. The molecule has 0 saturated carbocycles. The van der Waals surface area contributed by atoms with E-state index in [1.807, 2.05) is 0 Å². The molecule has 1 saturated heterocycles. The molecule has 1 aliphatic rings. The monoisotopic (exact) mass is 365 g/mol. The molecule has 1 N–H and O–H groups in total. The Morgan fingerprint density at radius 3 is 2.08 bits per heavy atom. The predicted octanol–water partition coefficient (Wildman–Crippen LogP) is 4.68. The summed E-state index contributed by atoms with van der Waals surface area (Å²) in [6, 6.07) is 0. The first-order chi connectivity index (χ1) is 11.4. The Labute approximate surface area is 150 Å². The molecule has 0 aromatic rings. The second kappa shape index (κ2) is 15.1. The van der Waals surface area contributed by atoms with Crippen LogP contribution in [0.3, 0.4) is 0 Å². The van der Waals surface area contributed by atoms with E-state index in [0.29, 0.717) is 0 Å². The van der Waals surface area contributed by atoms with Crippen LogP contribution in [-0.4, -0.2) is 44.1 Å². The fourth-order valence-corrected chi connectivity index (χ4v) is 3.41. The van der Waals surface area contributed by atoms with E-state index in [4.69, 9.17) is 4.55 Å². The fraction of sp³-hybridized carbons (Fsp3) is 1.00. The second-order valence-electron chi connectivity index (χ2n) is 6.86. The molecule has 0 radical (unpaired) electrons. The molecule has 1 atom stereocenters. The van der Waals surface area contributed by atoms with Gasteiger partial charge in [-0.2, -0.15) is 8.42 Å². The average Bonchev–Trinajstić information content (AvgIpc) is 2.49. The van der Waals surface area contributed by atoms with Gasteiger partial charge in [0.1, 0.15) is 0 Å². The highest BCUT2D eigenvalue weighted by Gasteiger charge is 2.14. The first kappa shape index (κ1) is 23.8. The Balaban J connectivity index is 0.000000640. The first-order valence-electron chi connectivity index (χ1n) is 9.73. The third-order valence-electron chi connectivity index (χ3n) is 4.34. The molecular formula is C18H39NO4S. The van der Waals surface area contributed by atoms with Crippen molar-refractivity contribution in [2.45, 2.75) is 85.0 Å². The van der Waals surface area contributed by atoms with Crippen molar-refractivity contribution in [3.63, 3.8) is 0 Å². The SMILES string of the molecule is CCCCCCCCCCN1CCCC(C)C1.CCOS(=O)(=O)O. The number of rotatable bonds is 11. The van der Waals surface area contributed by atoms with E-state index < -0.39 is 10.4 Å². The summed E-state index contributed by atoms with van der Waals surface area (Å²) in [5.74, 6) is 0.942. The third-order valence-corrected chi connectivity index (χ3v) is 4.87. The lowest BCUT2D eigenvalue weighted by atomic mass is 10.00. The zero-order valence-electron chi connectivity index (χ0n) is 16.0. The minimum Gasteiger partial charge on any atom is -0.303 e. The van der Waals surface area contributed by atoms with Crippen LogP contribution in [0.5, 0.6) is 0 Å². The lowest BCUT2D eigenvalue weighted by molar-refractivity contribution is 0.180. The second-order valence-corrected chi connectivity index (χ2v) is 7.95. The molecule has 146 valence electrons. The molecule has 5 nitrogen and oxygen atoms in total. The zero-order chi connectivity index (χ0) is 18.3. The molecule has 1 rings (SSSR count). The lowest BCUT2D eigenvalue weighted by Crippen LogP contribution is -2.34. The van der Waals surface area contributed by atoms with Crippen LogP contribution < -0.4 is 0 Å². The third kappa shape index (κ3) is 16.7. The normalized spacial score (nSPS) is 18.9. The minimum atomic E-state index is -4.17. The van der Waals surface area contributed by atoms with E-state index in [-0.39, 0.29) is 6.61 Å². The number of nitrogens with zero attached hydrogens (tertiary/aromatic N) is 1. The van der Waals surface area contributed by atoms with Gasteiger partial charge in [-0.05, 0) is 45.2 Å². The summed E-state index contributed by atoms with van der Waals surface area (Å²) in [5, 5.41) is 0. The maximum absolute atomic E-state index is 9.56. The van der Waals surface area contributed by atoms with E-state index in [2.05, 4.69) is 22.9 Å². The van der Waals surface area contributed by atoms with Crippen LogP contribution in [0.2, 0.25) is 0 Å². The molecule has 0 aliphatic carbocycles. The van der Waals surface area contributed by atoms with Crippen molar-refractivity contribution >= 4 is 10.4 Å². The van der Waals surface area contributed by atoms with Crippen molar-refractivity contribution < 1.29 is 17.2 Å². The smallest absolute Gasteiger partial charge is 0.303 e. The van der Waals surface area contributed by atoms with Crippen molar-refractivity contribution in [3.8, 4) is 0 Å². The summed E-state index contributed by atoms with van der Waals surface area (Å²) in [4.78, 5) is 2.69. The summed E-state index contributed by atoms with van der Waals surface area (Å²) >= 11 is 0. The first-order valence-corrected chi connectivity index (χ1v) is 11.1. The van der Waals surface area contributed by atoms with Crippen LogP contribution in [0.1, 0.15) is 85.0 Å². The van der Waals surface area contributed by atoms with Gasteiger partial charge in [0.2, 0.25) is 0 Å². The van der Waals surface area contributed by atoms with Crippen LogP contribution in [-0.2, 0) is 14.6 Å². The van der Waals surface area contributed by atoms with Crippen LogP contribution in [0, 0.1) is 5.92 Å². The predicted molar refractivity (Wildman–Crippen MR) is 101 cm³/mol. The van der Waals surface area contributed by atoms with Crippen molar-refractivity contribution in [1.29, 1.82) is 0 Å². The number of likely N-dealkylation sites (tertiary alicyclic amines) is 1. The number of hydrogen-bond donors (Lipinski definition) is 1. The van der Waals surface area contributed by atoms with Gasteiger partial charge in [-0.25, -0.2) is 4.18 Å². The van der Waals surface area contributed by atoms with Gasteiger partial charge >= 0.3 is 10.4 Å². The molecule has 0 spiro atoms. The summed E-state index contributed by atoms with van der Waals surface area (Å²) < 4.78 is 30.7. The van der Waals surface area contributed by atoms with E-state index in [1.165, 1.54) is 90.8 Å². The lowest BCUT2D eigenvalue weighted by Gasteiger charge is -2.30. The molecule has 0 aromatic carbocycles. The summed E-state index contributed by atoms with van der Waals surface area (Å²) in [7, 11) is -4.17. The largest absolute Gasteiger partial charge is 0.397 e. The standard InChI is InChI=1S/C16H33N.C2H6O4S/c1-3-4-5-6-7-8-9-10-13-17-14-11-12-16(2)15-17;1-2-6-7(3,4)5/h16H,3-15H2,1-2H3;2H2,1H3,(H,3,4,5). The summed E-state index contributed by atoms with van der Waals surface area (Å²) in [6.45, 7) is 10.2. The Morgan fingerprint density at radius 2 is 1.62 bits per heavy atom. The quantitative estimate of drug-likeness (QED) is 0.425. The molecule has 1 fully saturated rings. The highest BCUT2D eigenvalue weighted by atomic mass is 32.3. The van der Waals surface area contributed by atoms with E-state index in [1.54, 1.807) is 0 Å². The number of unbranched alkanes of at least 4 members (excludes halogenated alkanes) is 7. The van der Waals surface area contributed by atoms with Crippen LogP contribution in [0.15, 0.2) is 0 Å². The average molecular weight is 366 g/mol. The van der Waals surface area contributed by atoms with Gasteiger partial charge in [0.25, 0.3) is 0 Å². The fourth-order valence-electron chi connectivity index (χ4n) is 3.11. The topological polar surface area (TPSA) is 66.8 Å². The van der Waals surface area contributed by atoms with Gasteiger partial charge in [0.05, 0.1) is 6.61 Å². The van der Waals surface area contributed by atoms with Gasteiger partial charge < -0.3 is 4.90 Å². The molecular weight excluding hydrogens is 326 g/mol. The van der Waals surface area contributed by atoms with Gasteiger partial charge in [0, 0.05) is 6.54 Å². The van der Waals surface area contributed by atoms with Gasteiger partial charge in [0.15, 0.2) is 0 Å². The van der Waals surface area contributed by atoms with Crippen LogP contribution in [0.4, 0.5) is 0 Å². The van der Waals surface area contributed by atoms with Crippen molar-refractivity contribution in [3.05, 3.63) is 0 Å². The summed E-state index contributed by atoms with van der Waals surface area (Å²) in [6.07, 6.45) is 14.4. The highest BCUT2D eigenvalue weighted by molar-refractivity contribution is 7.80. The van der Waals surface area contributed by atoms with E-state index >= 15 is 0 Å². The molecule has 1 aliphatic heterocycles. The maximum atomic E-state index is 9.56.